The van der Waals surface area contributed by atoms with Gasteiger partial charge in [-0.1, -0.05) is 11.6 Å². The maximum absolute atomic E-state index is 11.9. The van der Waals surface area contributed by atoms with E-state index in [1.807, 2.05) is 0 Å². The Kier molecular flexibility index (Phi) is 4.45. The first-order valence-corrected chi connectivity index (χ1v) is 8.92. The predicted octanol–water partition coefficient (Wildman–Crippen LogP) is 3.74. The van der Waals surface area contributed by atoms with Crippen LogP contribution < -0.4 is 0 Å². The van der Waals surface area contributed by atoms with Gasteiger partial charge in [-0.15, -0.1) is 0 Å². The molecule has 1 fully saturated rings. The molecule has 1 aliphatic carbocycles. The van der Waals surface area contributed by atoms with Crippen LogP contribution >= 0.6 is 38.2 Å². The molecule has 8 heteroatoms. The molecule has 0 saturated heterocycles. The second-order valence-corrected chi connectivity index (χ2v) is 7.95. The molecule has 1 aromatic carbocycles. The molecule has 19 heavy (non-hydrogen) atoms. The minimum atomic E-state index is -3.97. The number of hydrogen-bond acceptors (Lipinski definition) is 4. The molecule has 0 radical (unpaired) electrons. The average Bonchev–Trinajstić information content (AvgIpc) is 2.21. The van der Waals surface area contributed by atoms with Crippen LogP contribution in [-0.4, -0.2) is 20.5 Å². The molecule has 0 bridgehead atoms. The van der Waals surface area contributed by atoms with Crippen molar-refractivity contribution in [2.24, 2.45) is 0 Å². The number of hydrogen-bond donors (Lipinski definition) is 0. The summed E-state index contributed by atoms with van der Waals surface area (Å²) in [5.74, 6) is -0.635. The Morgan fingerprint density at radius 1 is 1.37 bits per heavy atom. The Hall–Kier alpha value is -0.300. The molecule has 1 aliphatic rings. The molecule has 0 heterocycles. The van der Waals surface area contributed by atoms with Gasteiger partial charge in [-0.25, -0.2) is 13.2 Å². The highest BCUT2D eigenvalue weighted by Crippen LogP contribution is 2.32. The Morgan fingerprint density at radius 2 is 2.00 bits per heavy atom. The molecule has 0 aromatic heterocycles. The lowest BCUT2D eigenvalue weighted by molar-refractivity contribution is 0.00900. The van der Waals surface area contributed by atoms with Gasteiger partial charge in [-0.05, 0) is 47.3 Å². The van der Waals surface area contributed by atoms with Gasteiger partial charge in [0.2, 0.25) is 0 Å². The minimum Gasteiger partial charge on any atom is -0.459 e. The van der Waals surface area contributed by atoms with Crippen molar-refractivity contribution in [1.82, 2.24) is 0 Å². The van der Waals surface area contributed by atoms with Gasteiger partial charge in [0.1, 0.15) is 6.10 Å². The lowest BCUT2D eigenvalue weighted by atomic mass is 9.96. The highest BCUT2D eigenvalue weighted by molar-refractivity contribution is 9.10. The largest absolute Gasteiger partial charge is 0.459 e. The van der Waals surface area contributed by atoms with Crippen molar-refractivity contribution < 1.29 is 17.9 Å². The van der Waals surface area contributed by atoms with Crippen LogP contribution in [0.2, 0.25) is 5.02 Å². The summed E-state index contributed by atoms with van der Waals surface area (Å²) in [6, 6.07) is 2.43. The summed E-state index contributed by atoms with van der Waals surface area (Å²) in [6.45, 7) is 0. The number of benzene rings is 1. The first-order valence-electron chi connectivity index (χ1n) is 5.43. The second-order valence-electron chi connectivity index (χ2n) is 4.16. The molecular formula is C11H9BrCl2O4S. The van der Waals surface area contributed by atoms with Gasteiger partial charge in [-0.2, -0.15) is 0 Å². The fourth-order valence-corrected chi connectivity index (χ4v) is 4.14. The molecule has 0 aliphatic heterocycles. The van der Waals surface area contributed by atoms with E-state index >= 15 is 0 Å². The zero-order valence-corrected chi connectivity index (χ0v) is 13.4. The van der Waals surface area contributed by atoms with Crippen LogP contribution in [-0.2, 0) is 13.8 Å². The van der Waals surface area contributed by atoms with Crippen molar-refractivity contribution >= 4 is 53.2 Å². The third-order valence-corrected chi connectivity index (χ3v) is 5.42. The van der Waals surface area contributed by atoms with E-state index in [0.29, 0.717) is 0 Å². The number of carbonyl (C=O) groups is 1. The van der Waals surface area contributed by atoms with Crippen molar-refractivity contribution in [1.29, 1.82) is 0 Å². The molecule has 0 amide bonds. The van der Waals surface area contributed by atoms with E-state index in [0.717, 1.165) is 25.3 Å². The third kappa shape index (κ3) is 3.42. The van der Waals surface area contributed by atoms with Gasteiger partial charge in [0, 0.05) is 15.2 Å². The van der Waals surface area contributed by atoms with E-state index in [1.54, 1.807) is 0 Å². The van der Waals surface area contributed by atoms with Crippen LogP contribution in [0.15, 0.2) is 21.5 Å². The van der Waals surface area contributed by atoms with Crippen LogP contribution in [0.3, 0.4) is 0 Å². The van der Waals surface area contributed by atoms with Crippen LogP contribution in [0.25, 0.3) is 0 Å². The summed E-state index contributed by atoms with van der Waals surface area (Å²) in [7, 11) is 1.32. The summed E-state index contributed by atoms with van der Waals surface area (Å²) >= 11 is 8.96. The maximum Gasteiger partial charge on any atom is 0.339 e. The zero-order valence-electron chi connectivity index (χ0n) is 9.53. The lowest BCUT2D eigenvalue weighted by Gasteiger charge is -2.25. The van der Waals surface area contributed by atoms with Crippen molar-refractivity contribution in [3.05, 3.63) is 27.2 Å². The second kappa shape index (κ2) is 5.60. The quantitative estimate of drug-likeness (QED) is 0.585. The van der Waals surface area contributed by atoms with E-state index < -0.39 is 15.0 Å². The van der Waals surface area contributed by atoms with Crippen LogP contribution in [0.5, 0.6) is 0 Å². The first kappa shape index (κ1) is 15.1. The Morgan fingerprint density at radius 3 is 2.47 bits per heavy atom. The van der Waals surface area contributed by atoms with Crippen LogP contribution in [0.1, 0.15) is 29.6 Å². The topological polar surface area (TPSA) is 60.4 Å². The standard InChI is InChI=1S/C11H9BrCl2O4S/c12-8-5-9(13)7(4-10(8)19(14,16)17)11(15)18-6-2-1-3-6/h4-6H,1-3H2. The number of esters is 1. The average molecular weight is 388 g/mol. The van der Waals surface area contributed by atoms with Gasteiger partial charge in [-0.3, -0.25) is 0 Å². The first-order chi connectivity index (χ1) is 8.79. The number of carbonyl (C=O) groups excluding carboxylic acids is 1. The number of ether oxygens (including phenoxy) is 1. The third-order valence-electron chi connectivity index (χ3n) is 2.83. The van der Waals surface area contributed by atoms with Crippen LogP contribution in [0, 0.1) is 0 Å². The smallest absolute Gasteiger partial charge is 0.339 e. The summed E-state index contributed by atoms with van der Waals surface area (Å²) in [5.41, 5.74) is -0.00371. The van der Waals surface area contributed by atoms with Crippen LogP contribution in [0.4, 0.5) is 0 Å². The molecule has 2 rings (SSSR count). The predicted molar refractivity (Wildman–Crippen MR) is 75.2 cm³/mol. The van der Waals surface area contributed by atoms with Crippen molar-refractivity contribution in [3.63, 3.8) is 0 Å². The molecule has 0 N–H and O–H groups in total. The van der Waals surface area contributed by atoms with E-state index in [2.05, 4.69) is 15.9 Å². The highest BCUT2D eigenvalue weighted by Gasteiger charge is 2.26. The number of rotatable bonds is 3. The van der Waals surface area contributed by atoms with E-state index in [1.165, 1.54) is 6.07 Å². The van der Waals surface area contributed by atoms with Gasteiger partial charge in [0.25, 0.3) is 9.05 Å². The lowest BCUT2D eigenvalue weighted by Crippen LogP contribution is -2.25. The fourth-order valence-electron chi connectivity index (χ4n) is 1.58. The summed E-state index contributed by atoms with van der Waals surface area (Å²) in [4.78, 5) is 11.7. The van der Waals surface area contributed by atoms with E-state index in [4.69, 9.17) is 27.0 Å². The maximum atomic E-state index is 11.9. The molecular weight excluding hydrogens is 379 g/mol. The number of halogens is 3. The monoisotopic (exact) mass is 386 g/mol. The van der Waals surface area contributed by atoms with Gasteiger partial charge in [0.15, 0.2) is 0 Å². The van der Waals surface area contributed by atoms with Crippen molar-refractivity contribution in [2.75, 3.05) is 0 Å². The molecule has 104 valence electrons. The molecule has 4 nitrogen and oxygen atoms in total. The molecule has 0 unspecified atom stereocenters. The summed E-state index contributed by atoms with van der Waals surface area (Å²) in [5, 5.41) is 0.111. The molecule has 0 spiro atoms. The highest BCUT2D eigenvalue weighted by atomic mass is 79.9. The van der Waals surface area contributed by atoms with E-state index in [-0.39, 0.29) is 26.1 Å². The Labute approximate surface area is 128 Å². The van der Waals surface area contributed by atoms with Crippen molar-refractivity contribution in [3.8, 4) is 0 Å². The Balaban J connectivity index is 2.36. The van der Waals surface area contributed by atoms with E-state index in [9.17, 15) is 13.2 Å². The SMILES string of the molecule is O=C(OC1CCC1)c1cc(S(=O)(=O)Cl)c(Br)cc1Cl. The fraction of sp³-hybridized carbons (Fsp3) is 0.364. The molecule has 0 atom stereocenters. The molecule has 1 aromatic rings. The minimum absolute atomic E-state index is 0.00371. The summed E-state index contributed by atoms with van der Waals surface area (Å²) < 4.78 is 28.1. The zero-order chi connectivity index (χ0) is 14.2. The van der Waals surface area contributed by atoms with Gasteiger partial charge < -0.3 is 4.74 Å². The van der Waals surface area contributed by atoms with Gasteiger partial charge >= 0.3 is 5.97 Å². The Bertz CT molecular complexity index is 626. The normalized spacial score (nSPS) is 15.9. The summed E-state index contributed by atoms with van der Waals surface area (Å²) in [6.07, 6.45) is 2.55. The van der Waals surface area contributed by atoms with Crippen molar-refractivity contribution in [2.45, 2.75) is 30.3 Å². The molecule has 1 saturated carbocycles. The van der Waals surface area contributed by atoms with Gasteiger partial charge in [0.05, 0.1) is 15.5 Å².